The van der Waals surface area contributed by atoms with Crippen molar-refractivity contribution in [3.63, 3.8) is 0 Å². The number of hydrogen-bond donors (Lipinski definition) is 2. The molecule has 4 heteroatoms. The van der Waals surface area contributed by atoms with E-state index < -0.39 is 0 Å². The summed E-state index contributed by atoms with van der Waals surface area (Å²) in [5.74, 6) is 0. The summed E-state index contributed by atoms with van der Waals surface area (Å²) < 4.78 is 0. The summed E-state index contributed by atoms with van der Waals surface area (Å²) >= 11 is 0. The van der Waals surface area contributed by atoms with Crippen LogP contribution < -0.4 is 0 Å². The van der Waals surface area contributed by atoms with Crippen molar-refractivity contribution >= 4 is 21.6 Å². The monoisotopic (exact) mass is 150 g/mol. The van der Waals surface area contributed by atoms with Crippen molar-refractivity contribution in [1.29, 1.82) is 0 Å². The molecule has 46 valence electrons. The summed E-state index contributed by atoms with van der Waals surface area (Å²) in [4.78, 5) is 0. The predicted octanol–water partition coefficient (Wildman–Crippen LogP) is 2.43. The fourth-order valence-corrected chi connectivity index (χ4v) is 1.02. The van der Waals surface area contributed by atoms with Crippen LogP contribution in [0.1, 0.15) is 0 Å². The summed E-state index contributed by atoms with van der Waals surface area (Å²) in [6.45, 7) is 0. The van der Waals surface area contributed by atoms with E-state index >= 15 is 0 Å². The van der Waals surface area contributed by atoms with Crippen LogP contribution in [0, 0.1) is 0 Å². The first-order chi connectivity index (χ1) is 3.91. The molecule has 8 heavy (non-hydrogen) atoms. The van der Waals surface area contributed by atoms with Gasteiger partial charge >= 0.3 is 0 Å². The number of aliphatic hydroxyl groups is 2. The average Bonchev–Trinajstić information content (AvgIpc) is 1.81. The third kappa shape index (κ3) is 5.78. The van der Waals surface area contributed by atoms with Crippen LogP contribution in [0.3, 0.4) is 0 Å². The Hall–Kier alpha value is -0.220. The first kappa shape index (κ1) is 7.78. The molecule has 2 N–H and O–H groups in total. The van der Waals surface area contributed by atoms with Crippen LogP contribution in [0.5, 0.6) is 0 Å². The number of rotatable bonds is 3. The second-order valence-corrected chi connectivity index (χ2v) is 2.85. The van der Waals surface area contributed by atoms with Crippen molar-refractivity contribution in [1.82, 2.24) is 0 Å². The molecule has 0 amide bonds. The summed E-state index contributed by atoms with van der Waals surface area (Å²) in [5.41, 5.74) is 0. The smallest absolute Gasteiger partial charge is 0.0863 e. The molecule has 0 heterocycles. The van der Waals surface area contributed by atoms with E-state index in [-0.39, 0.29) is 0 Å². The van der Waals surface area contributed by atoms with Crippen LogP contribution in [0.15, 0.2) is 23.3 Å². The Balaban J connectivity index is 2.93. The van der Waals surface area contributed by atoms with Gasteiger partial charge in [0.15, 0.2) is 0 Å². The lowest BCUT2D eigenvalue weighted by Gasteiger charge is -1.79. The van der Waals surface area contributed by atoms with E-state index in [1.807, 2.05) is 0 Å². The lowest BCUT2D eigenvalue weighted by Crippen LogP contribution is -1.44. The number of hydrogen-bond acceptors (Lipinski definition) is 4. The molecule has 0 aliphatic rings. The Labute approximate surface area is 55.7 Å². The molecule has 0 aliphatic heterocycles. The molecule has 0 fully saturated rings. The van der Waals surface area contributed by atoms with Crippen LogP contribution in [0.4, 0.5) is 0 Å². The molecule has 0 aromatic rings. The summed E-state index contributed by atoms with van der Waals surface area (Å²) in [6.07, 6.45) is 1.89. The minimum atomic E-state index is 0.947. The maximum Gasteiger partial charge on any atom is 0.0863 e. The van der Waals surface area contributed by atoms with E-state index in [4.69, 9.17) is 10.2 Å². The lowest BCUT2D eigenvalue weighted by atomic mass is 11.2. The predicted molar refractivity (Wildman–Crippen MR) is 38.7 cm³/mol. The van der Waals surface area contributed by atoms with E-state index in [0.717, 1.165) is 12.5 Å². The Kier molecular flexibility index (Phi) is 6.59. The molecular formula is C4H6O2S2. The second-order valence-electron chi connectivity index (χ2n) is 0.763. The maximum absolute atomic E-state index is 8.06. The molecule has 0 atom stereocenters. The Morgan fingerprint density at radius 1 is 0.875 bits per heavy atom. The van der Waals surface area contributed by atoms with Crippen molar-refractivity contribution in [3.8, 4) is 0 Å². The van der Waals surface area contributed by atoms with Gasteiger partial charge in [-0.3, -0.25) is 0 Å². The molecule has 0 rings (SSSR count). The van der Waals surface area contributed by atoms with Gasteiger partial charge in [0, 0.05) is 10.8 Å². The molecule has 0 radical (unpaired) electrons. The van der Waals surface area contributed by atoms with Gasteiger partial charge in [-0.1, -0.05) is 21.6 Å². The van der Waals surface area contributed by atoms with Crippen molar-refractivity contribution in [2.24, 2.45) is 0 Å². The standard InChI is InChI=1S/C4H6O2S2/c5-1-3-7-8-4-2-6/h1-6H. The van der Waals surface area contributed by atoms with Gasteiger partial charge in [0.1, 0.15) is 0 Å². The van der Waals surface area contributed by atoms with Crippen molar-refractivity contribution in [2.75, 3.05) is 0 Å². The van der Waals surface area contributed by atoms with Crippen molar-refractivity contribution in [2.45, 2.75) is 0 Å². The molecule has 0 aliphatic carbocycles. The Morgan fingerprint density at radius 2 is 1.25 bits per heavy atom. The number of aliphatic hydroxyl groups excluding tert-OH is 2. The molecule has 2 nitrogen and oxygen atoms in total. The highest BCUT2D eigenvalue weighted by Crippen LogP contribution is 2.22. The molecule has 0 saturated carbocycles. The van der Waals surface area contributed by atoms with E-state index in [1.54, 1.807) is 0 Å². The van der Waals surface area contributed by atoms with Gasteiger partial charge in [-0.25, -0.2) is 0 Å². The topological polar surface area (TPSA) is 40.5 Å². The van der Waals surface area contributed by atoms with Gasteiger partial charge in [-0.2, -0.15) is 0 Å². The van der Waals surface area contributed by atoms with Gasteiger partial charge < -0.3 is 10.2 Å². The molecule has 0 unspecified atom stereocenters. The van der Waals surface area contributed by atoms with E-state index in [0.29, 0.717) is 0 Å². The fourth-order valence-electron chi connectivity index (χ4n) is 0.114. The first-order valence-electron chi connectivity index (χ1n) is 1.82. The zero-order valence-electron chi connectivity index (χ0n) is 4.02. The van der Waals surface area contributed by atoms with Crippen LogP contribution in [-0.2, 0) is 0 Å². The summed E-state index contributed by atoms with van der Waals surface area (Å²) in [5, 5.41) is 19.1. The van der Waals surface area contributed by atoms with Gasteiger partial charge in [0.25, 0.3) is 0 Å². The highest BCUT2D eigenvalue weighted by molar-refractivity contribution is 8.78. The minimum Gasteiger partial charge on any atom is -0.515 e. The van der Waals surface area contributed by atoms with E-state index in [1.165, 1.54) is 32.4 Å². The SMILES string of the molecule is OC=CSSC=CO. The Morgan fingerprint density at radius 3 is 1.50 bits per heavy atom. The quantitative estimate of drug-likeness (QED) is 0.368. The van der Waals surface area contributed by atoms with Crippen LogP contribution in [0.2, 0.25) is 0 Å². The minimum absolute atomic E-state index is 0.947. The zero-order chi connectivity index (χ0) is 6.24. The molecule has 0 saturated heterocycles. The fraction of sp³-hybridized carbons (Fsp3) is 0. The van der Waals surface area contributed by atoms with Gasteiger partial charge in [0.2, 0.25) is 0 Å². The third-order valence-electron chi connectivity index (χ3n) is 0.288. The second kappa shape index (κ2) is 6.78. The molecular weight excluding hydrogens is 144 g/mol. The largest absolute Gasteiger partial charge is 0.515 e. The highest BCUT2D eigenvalue weighted by atomic mass is 33.1. The third-order valence-corrected chi connectivity index (χ3v) is 1.87. The molecule has 0 bridgehead atoms. The maximum atomic E-state index is 8.06. The normalized spacial score (nSPS) is 11.5. The van der Waals surface area contributed by atoms with Gasteiger partial charge in [-0.05, 0) is 0 Å². The van der Waals surface area contributed by atoms with Gasteiger partial charge in [-0.15, -0.1) is 0 Å². The molecule has 0 aromatic heterocycles. The van der Waals surface area contributed by atoms with Crippen LogP contribution >= 0.6 is 21.6 Å². The average molecular weight is 150 g/mol. The van der Waals surface area contributed by atoms with Crippen LogP contribution in [0.25, 0.3) is 0 Å². The molecule has 0 spiro atoms. The summed E-state index contributed by atoms with van der Waals surface area (Å²) in [7, 11) is 2.63. The van der Waals surface area contributed by atoms with E-state index in [9.17, 15) is 0 Å². The lowest BCUT2D eigenvalue weighted by molar-refractivity contribution is 0.474. The molecule has 0 aromatic carbocycles. The van der Waals surface area contributed by atoms with E-state index in [2.05, 4.69) is 0 Å². The van der Waals surface area contributed by atoms with Crippen molar-refractivity contribution < 1.29 is 10.2 Å². The van der Waals surface area contributed by atoms with Crippen molar-refractivity contribution in [3.05, 3.63) is 23.3 Å². The first-order valence-corrected chi connectivity index (χ1v) is 4.10. The van der Waals surface area contributed by atoms with Crippen LogP contribution in [-0.4, -0.2) is 10.2 Å². The van der Waals surface area contributed by atoms with Gasteiger partial charge in [0.05, 0.1) is 12.5 Å². The zero-order valence-corrected chi connectivity index (χ0v) is 5.65. The summed E-state index contributed by atoms with van der Waals surface area (Å²) in [6, 6.07) is 0. The highest BCUT2D eigenvalue weighted by Gasteiger charge is 1.72. The Bertz CT molecular complexity index is 78.0.